The molecular weight excluding hydrogens is 306 g/mol. The Morgan fingerprint density at radius 2 is 1.86 bits per heavy atom. The molecule has 122 valence electrons. The molecule has 1 unspecified atom stereocenters. The second-order valence-electron chi connectivity index (χ2n) is 6.57. The van der Waals surface area contributed by atoms with Gasteiger partial charge in [0.25, 0.3) is 10.2 Å². The standard InChI is InChI=1S/C14H27N3O2S2/c1-12-7-6-10-17(11-12)21(18,19)16-14(13(15)20)8-4-2-3-5-9-14/h12,16H,2-11H2,1H3,(H2,15,20). The third-order valence-corrected chi connectivity index (χ3v) is 6.76. The average Bonchev–Trinajstić information content (AvgIpc) is 2.65. The second-order valence-corrected chi connectivity index (χ2v) is 8.68. The highest BCUT2D eigenvalue weighted by atomic mass is 32.2. The van der Waals surface area contributed by atoms with E-state index in [2.05, 4.69) is 11.6 Å². The highest BCUT2D eigenvalue weighted by Gasteiger charge is 2.40. The smallest absolute Gasteiger partial charge is 0.280 e. The van der Waals surface area contributed by atoms with Gasteiger partial charge in [-0.15, -0.1) is 0 Å². The number of thiocarbonyl (C=S) groups is 1. The Morgan fingerprint density at radius 3 is 2.38 bits per heavy atom. The number of piperidine rings is 1. The summed E-state index contributed by atoms with van der Waals surface area (Å²) in [7, 11) is -3.52. The summed E-state index contributed by atoms with van der Waals surface area (Å²) < 4.78 is 29.9. The second kappa shape index (κ2) is 6.89. The SMILES string of the molecule is CC1CCCN(S(=O)(=O)NC2(C(N)=S)CCCCCC2)C1. The maximum atomic E-state index is 12.7. The first-order valence-electron chi connectivity index (χ1n) is 7.95. The zero-order valence-corrected chi connectivity index (χ0v) is 14.4. The molecule has 2 rings (SSSR count). The summed E-state index contributed by atoms with van der Waals surface area (Å²) >= 11 is 5.21. The van der Waals surface area contributed by atoms with Gasteiger partial charge in [-0.05, 0) is 31.6 Å². The van der Waals surface area contributed by atoms with Crippen LogP contribution in [-0.2, 0) is 10.2 Å². The largest absolute Gasteiger partial charge is 0.392 e. The van der Waals surface area contributed by atoms with Crippen molar-refractivity contribution in [1.82, 2.24) is 9.03 Å². The molecule has 0 aromatic carbocycles. The molecule has 2 fully saturated rings. The normalized spacial score (nSPS) is 28.0. The van der Waals surface area contributed by atoms with Gasteiger partial charge in [0.2, 0.25) is 0 Å². The van der Waals surface area contributed by atoms with Crippen molar-refractivity contribution in [3.63, 3.8) is 0 Å². The van der Waals surface area contributed by atoms with E-state index in [1.807, 2.05) is 0 Å². The molecule has 1 saturated carbocycles. The van der Waals surface area contributed by atoms with Crippen molar-refractivity contribution in [3.8, 4) is 0 Å². The van der Waals surface area contributed by atoms with E-state index in [9.17, 15) is 8.42 Å². The minimum Gasteiger partial charge on any atom is -0.392 e. The molecule has 0 radical (unpaired) electrons. The minimum absolute atomic E-state index is 0.290. The maximum absolute atomic E-state index is 12.7. The highest BCUT2D eigenvalue weighted by Crippen LogP contribution is 2.29. The zero-order chi connectivity index (χ0) is 15.5. The molecule has 7 heteroatoms. The lowest BCUT2D eigenvalue weighted by molar-refractivity contribution is 0.273. The summed E-state index contributed by atoms with van der Waals surface area (Å²) in [6.45, 7) is 3.27. The van der Waals surface area contributed by atoms with Crippen molar-refractivity contribution in [1.29, 1.82) is 0 Å². The third kappa shape index (κ3) is 4.15. The van der Waals surface area contributed by atoms with Crippen LogP contribution in [0, 0.1) is 5.92 Å². The Labute approximate surface area is 133 Å². The fraction of sp³-hybridized carbons (Fsp3) is 0.929. The van der Waals surface area contributed by atoms with E-state index >= 15 is 0 Å². The molecule has 1 atom stereocenters. The molecule has 2 aliphatic rings. The molecule has 0 aromatic rings. The van der Waals surface area contributed by atoms with Crippen molar-refractivity contribution < 1.29 is 8.42 Å². The predicted molar refractivity (Wildman–Crippen MR) is 89.2 cm³/mol. The van der Waals surface area contributed by atoms with Gasteiger partial charge in [0, 0.05) is 13.1 Å². The molecule has 1 aliphatic heterocycles. The maximum Gasteiger partial charge on any atom is 0.280 e. The van der Waals surface area contributed by atoms with E-state index in [1.165, 1.54) is 0 Å². The summed E-state index contributed by atoms with van der Waals surface area (Å²) in [5.41, 5.74) is 5.19. The average molecular weight is 334 g/mol. The van der Waals surface area contributed by atoms with Crippen LogP contribution in [-0.4, -0.2) is 36.3 Å². The number of hydrogen-bond donors (Lipinski definition) is 2. The van der Waals surface area contributed by atoms with Gasteiger partial charge in [0.1, 0.15) is 0 Å². The molecule has 0 spiro atoms. The van der Waals surface area contributed by atoms with Crippen molar-refractivity contribution >= 4 is 27.4 Å². The Kier molecular flexibility index (Phi) is 5.62. The highest BCUT2D eigenvalue weighted by molar-refractivity contribution is 7.87. The van der Waals surface area contributed by atoms with Crippen LogP contribution in [0.15, 0.2) is 0 Å². The van der Waals surface area contributed by atoms with E-state index in [-0.39, 0.29) is 4.99 Å². The number of rotatable bonds is 4. The van der Waals surface area contributed by atoms with Gasteiger partial charge in [0.15, 0.2) is 0 Å². The van der Waals surface area contributed by atoms with Gasteiger partial charge in [0.05, 0.1) is 10.5 Å². The van der Waals surface area contributed by atoms with Crippen LogP contribution >= 0.6 is 12.2 Å². The van der Waals surface area contributed by atoms with Crippen LogP contribution in [0.5, 0.6) is 0 Å². The first-order chi connectivity index (χ1) is 9.86. The van der Waals surface area contributed by atoms with Gasteiger partial charge >= 0.3 is 0 Å². The fourth-order valence-corrected chi connectivity index (χ4v) is 5.48. The topological polar surface area (TPSA) is 75.4 Å². The molecule has 1 saturated heterocycles. The quantitative estimate of drug-likeness (QED) is 0.609. The third-order valence-electron chi connectivity index (χ3n) is 4.71. The lowest BCUT2D eigenvalue weighted by Gasteiger charge is -2.37. The van der Waals surface area contributed by atoms with Gasteiger partial charge in [-0.2, -0.15) is 17.4 Å². The van der Waals surface area contributed by atoms with Crippen LogP contribution in [0.1, 0.15) is 58.3 Å². The zero-order valence-electron chi connectivity index (χ0n) is 12.8. The summed E-state index contributed by atoms with van der Waals surface area (Å²) in [4.78, 5) is 0.290. The van der Waals surface area contributed by atoms with Crippen molar-refractivity contribution in [3.05, 3.63) is 0 Å². The van der Waals surface area contributed by atoms with Crippen molar-refractivity contribution in [2.45, 2.75) is 63.8 Å². The molecule has 3 N–H and O–H groups in total. The Morgan fingerprint density at radius 1 is 1.24 bits per heavy atom. The summed E-state index contributed by atoms with van der Waals surface area (Å²) in [5, 5.41) is 0. The molecule has 21 heavy (non-hydrogen) atoms. The van der Waals surface area contributed by atoms with E-state index in [1.54, 1.807) is 4.31 Å². The molecule has 1 aliphatic carbocycles. The van der Waals surface area contributed by atoms with Crippen LogP contribution in [0.3, 0.4) is 0 Å². The molecular formula is C14H27N3O2S2. The Balaban J connectivity index is 2.16. The van der Waals surface area contributed by atoms with Crippen LogP contribution in [0.2, 0.25) is 0 Å². The van der Waals surface area contributed by atoms with E-state index < -0.39 is 15.7 Å². The predicted octanol–water partition coefficient (Wildman–Crippen LogP) is 1.93. The van der Waals surface area contributed by atoms with E-state index in [4.69, 9.17) is 18.0 Å². The minimum atomic E-state index is -3.52. The number of hydrogen-bond acceptors (Lipinski definition) is 3. The number of nitrogens with zero attached hydrogens (tertiary/aromatic N) is 1. The number of nitrogens with one attached hydrogen (secondary N) is 1. The monoisotopic (exact) mass is 333 g/mol. The Bertz CT molecular complexity index is 471. The molecule has 0 amide bonds. The molecule has 5 nitrogen and oxygen atoms in total. The van der Waals surface area contributed by atoms with E-state index in [0.717, 1.165) is 38.5 Å². The fourth-order valence-electron chi connectivity index (χ4n) is 3.41. The summed E-state index contributed by atoms with van der Waals surface area (Å²) in [5.74, 6) is 0.408. The van der Waals surface area contributed by atoms with Gasteiger partial charge in [-0.1, -0.05) is 44.8 Å². The van der Waals surface area contributed by atoms with Crippen LogP contribution in [0.4, 0.5) is 0 Å². The summed E-state index contributed by atoms with van der Waals surface area (Å²) in [6.07, 6.45) is 7.61. The van der Waals surface area contributed by atoms with Gasteiger partial charge in [-0.25, -0.2) is 0 Å². The molecule has 0 aromatic heterocycles. The van der Waals surface area contributed by atoms with Gasteiger partial charge < -0.3 is 5.73 Å². The lowest BCUT2D eigenvalue weighted by Crippen LogP contribution is -2.60. The van der Waals surface area contributed by atoms with Crippen LogP contribution < -0.4 is 10.5 Å². The lowest BCUT2D eigenvalue weighted by atomic mass is 9.91. The molecule has 0 bridgehead atoms. The van der Waals surface area contributed by atoms with Gasteiger partial charge in [-0.3, -0.25) is 0 Å². The molecule has 1 heterocycles. The van der Waals surface area contributed by atoms with Crippen LogP contribution in [0.25, 0.3) is 0 Å². The van der Waals surface area contributed by atoms with Crippen molar-refractivity contribution in [2.75, 3.05) is 13.1 Å². The van der Waals surface area contributed by atoms with Crippen molar-refractivity contribution in [2.24, 2.45) is 11.7 Å². The van der Waals surface area contributed by atoms with E-state index in [0.29, 0.717) is 31.8 Å². The Hall–Kier alpha value is -0.240. The number of nitrogens with two attached hydrogens (primary N) is 1. The first kappa shape index (κ1) is 17.1. The summed E-state index contributed by atoms with van der Waals surface area (Å²) in [6, 6.07) is 0. The first-order valence-corrected chi connectivity index (χ1v) is 9.79.